The molecular weight excluding hydrogens is 468 g/mol. The molecule has 0 N–H and O–H groups in total. The van der Waals surface area contributed by atoms with Crippen molar-refractivity contribution in [2.75, 3.05) is 31.2 Å². The van der Waals surface area contributed by atoms with Gasteiger partial charge in [0.1, 0.15) is 34.7 Å². The molecule has 0 bridgehead atoms. The summed E-state index contributed by atoms with van der Waals surface area (Å²) in [6, 6.07) is 9.25. The van der Waals surface area contributed by atoms with Crippen molar-refractivity contribution in [3.05, 3.63) is 82.7 Å². The van der Waals surface area contributed by atoms with Crippen molar-refractivity contribution in [3.63, 3.8) is 0 Å². The lowest BCUT2D eigenvalue weighted by molar-refractivity contribution is 0.122. The molecule has 1 saturated heterocycles. The van der Waals surface area contributed by atoms with E-state index in [0.717, 1.165) is 0 Å². The highest BCUT2D eigenvalue weighted by atomic mass is 19.1. The zero-order chi connectivity index (χ0) is 24.8. The minimum atomic E-state index is -0.700. The van der Waals surface area contributed by atoms with E-state index in [1.165, 1.54) is 42.7 Å². The molecule has 8 nitrogen and oxygen atoms in total. The Kier molecular flexibility index (Phi) is 5.45. The first-order valence-corrected chi connectivity index (χ1v) is 11.5. The van der Waals surface area contributed by atoms with Gasteiger partial charge in [0.15, 0.2) is 17.0 Å². The molecule has 2 aromatic carbocycles. The third-order valence-corrected chi connectivity index (χ3v) is 6.46. The van der Waals surface area contributed by atoms with Gasteiger partial charge in [-0.15, -0.1) is 0 Å². The summed E-state index contributed by atoms with van der Waals surface area (Å²) < 4.78 is 42.2. The fourth-order valence-corrected chi connectivity index (χ4v) is 4.68. The molecule has 0 amide bonds. The molecule has 1 fully saturated rings. The molecule has 3 aromatic heterocycles. The third-order valence-electron chi connectivity index (χ3n) is 6.46. The van der Waals surface area contributed by atoms with E-state index in [-0.39, 0.29) is 22.3 Å². The highest BCUT2D eigenvalue weighted by molar-refractivity contribution is 5.85. The van der Waals surface area contributed by atoms with E-state index in [1.54, 1.807) is 17.0 Å². The van der Waals surface area contributed by atoms with E-state index in [4.69, 9.17) is 9.15 Å². The summed E-state index contributed by atoms with van der Waals surface area (Å²) in [5.74, 6) is -0.277. The third kappa shape index (κ3) is 3.61. The van der Waals surface area contributed by atoms with Crippen LogP contribution in [0.25, 0.3) is 33.3 Å². The van der Waals surface area contributed by atoms with Gasteiger partial charge in [-0.3, -0.25) is 4.79 Å². The second kappa shape index (κ2) is 8.80. The topological polar surface area (TPSA) is 86.3 Å². The van der Waals surface area contributed by atoms with Gasteiger partial charge >= 0.3 is 0 Å². The number of rotatable bonds is 4. The zero-order valence-electron chi connectivity index (χ0n) is 19.3. The van der Waals surface area contributed by atoms with Gasteiger partial charge in [0.25, 0.3) is 0 Å². The number of anilines is 1. The van der Waals surface area contributed by atoms with Crippen LogP contribution in [0, 0.1) is 11.6 Å². The second-order valence-corrected chi connectivity index (χ2v) is 8.59. The smallest absolute Gasteiger partial charge is 0.203 e. The number of benzene rings is 2. The van der Waals surface area contributed by atoms with E-state index in [1.807, 2.05) is 6.92 Å². The van der Waals surface area contributed by atoms with Gasteiger partial charge in [0.05, 0.1) is 31.1 Å². The molecule has 6 rings (SSSR count). The first kappa shape index (κ1) is 22.3. The van der Waals surface area contributed by atoms with Crippen LogP contribution in [0.4, 0.5) is 14.6 Å². The number of aromatic nitrogens is 4. The van der Waals surface area contributed by atoms with Gasteiger partial charge in [-0.25, -0.2) is 23.7 Å². The van der Waals surface area contributed by atoms with Crippen LogP contribution in [0.2, 0.25) is 0 Å². The van der Waals surface area contributed by atoms with Crippen molar-refractivity contribution in [3.8, 4) is 11.1 Å². The predicted molar refractivity (Wildman–Crippen MR) is 130 cm³/mol. The number of hydrogen-bond donors (Lipinski definition) is 0. The van der Waals surface area contributed by atoms with Crippen LogP contribution in [0.5, 0.6) is 0 Å². The summed E-state index contributed by atoms with van der Waals surface area (Å²) in [5, 5.41) is -0.180. The Balaban J connectivity index is 1.56. The number of nitrogens with zero attached hydrogens (tertiary/aromatic N) is 5. The van der Waals surface area contributed by atoms with Crippen molar-refractivity contribution >= 4 is 28.0 Å². The molecule has 1 atom stereocenters. The summed E-state index contributed by atoms with van der Waals surface area (Å²) in [4.78, 5) is 29.1. The van der Waals surface area contributed by atoms with Crippen LogP contribution < -0.4 is 10.3 Å². The van der Waals surface area contributed by atoms with Crippen molar-refractivity contribution in [1.29, 1.82) is 0 Å². The quantitative estimate of drug-likeness (QED) is 0.372. The highest BCUT2D eigenvalue weighted by Crippen LogP contribution is 2.34. The maximum absolute atomic E-state index is 14.7. The fourth-order valence-electron chi connectivity index (χ4n) is 4.68. The van der Waals surface area contributed by atoms with Crippen molar-refractivity contribution in [1.82, 2.24) is 19.5 Å². The number of fused-ring (bicyclic) bond motifs is 2. The number of ether oxygens (including phenoxy) is 1. The summed E-state index contributed by atoms with van der Waals surface area (Å²) in [6.45, 7) is 4.38. The van der Waals surface area contributed by atoms with E-state index in [9.17, 15) is 13.6 Å². The van der Waals surface area contributed by atoms with Gasteiger partial charge in [-0.1, -0.05) is 18.2 Å². The number of morpholine rings is 1. The predicted octanol–water partition coefficient (Wildman–Crippen LogP) is 4.32. The van der Waals surface area contributed by atoms with Gasteiger partial charge in [-0.2, -0.15) is 0 Å². The van der Waals surface area contributed by atoms with Crippen LogP contribution in [0.1, 0.15) is 18.7 Å². The average molecular weight is 489 g/mol. The van der Waals surface area contributed by atoms with E-state index >= 15 is 0 Å². The number of hydrogen-bond acceptors (Lipinski definition) is 7. The van der Waals surface area contributed by atoms with E-state index in [2.05, 4.69) is 19.9 Å². The molecule has 36 heavy (non-hydrogen) atoms. The maximum atomic E-state index is 14.7. The lowest BCUT2D eigenvalue weighted by Gasteiger charge is -2.27. The molecule has 0 spiro atoms. The maximum Gasteiger partial charge on any atom is 0.203 e. The minimum Gasteiger partial charge on any atom is -0.458 e. The van der Waals surface area contributed by atoms with Crippen molar-refractivity contribution < 1.29 is 17.9 Å². The first-order chi connectivity index (χ1) is 17.5. The van der Waals surface area contributed by atoms with Crippen LogP contribution in [-0.2, 0) is 4.74 Å². The number of imidazole rings is 1. The summed E-state index contributed by atoms with van der Waals surface area (Å²) in [5.41, 5.74) is 1.07. The Morgan fingerprint density at radius 3 is 2.64 bits per heavy atom. The highest BCUT2D eigenvalue weighted by Gasteiger charge is 2.26. The van der Waals surface area contributed by atoms with Gasteiger partial charge < -0.3 is 18.6 Å². The fraction of sp³-hybridized carbons (Fsp3) is 0.231. The Bertz CT molecular complexity index is 1660. The first-order valence-electron chi connectivity index (χ1n) is 11.5. The lowest BCUT2D eigenvalue weighted by atomic mass is 9.99. The molecule has 0 saturated carbocycles. The molecule has 0 radical (unpaired) electrons. The Morgan fingerprint density at radius 2 is 1.83 bits per heavy atom. The molecular formula is C26H21F2N5O3. The second-order valence-electron chi connectivity index (χ2n) is 8.59. The normalized spacial score (nSPS) is 15.0. The monoisotopic (exact) mass is 489 g/mol. The zero-order valence-corrected chi connectivity index (χ0v) is 19.3. The van der Waals surface area contributed by atoms with E-state index < -0.39 is 23.1 Å². The SMILES string of the molecule is CC(c1oc2cccc(F)c2c(=O)c1-c1cccc(F)c1)n1cnc2c(N3CCOCC3)ncnc21. The summed E-state index contributed by atoms with van der Waals surface area (Å²) in [7, 11) is 0. The van der Waals surface area contributed by atoms with Gasteiger partial charge in [-0.05, 0) is 36.8 Å². The van der Waals surface area contributed by atoms with Crippen LogP contribution in [-0.4, -0.2) is 45.8 Å². The summed E-state index contributed by atoms with van der Waals surface area (Å²) in [6.07, 6.45) is 3.08. The molecule has 0 aliphatic carbocycles. The molecule has 4 heterocycles. The van der Waals surface area contributed by atoms with Gasteiger partial charge in [0, 0.05) is 13.1 Å². The molecule has 1 unspecified atom stereocenters. The van der Waals surface area contributed by atoms with Crippen LogP contribution >= 0.6 is 0 Å². The van der Waals surface area contributed by atoms with E-state index in [0.29, 0.717) is 48.8 Å². The molecule has 1 aliphatic rings. The average Bonchev–Trinajstić information content (AvgIpc) is 3.33. The Morgan fingerprint density at radius 1 is 1.03 bits per heavy atom. The molecule has 5 aromatic rings. The van der Waals surface area contributed by atoms with Crippen LogP contribution in [0.3, 0.4) is 0 Å². The minimum absolute atomic E-state index is 0.0870. The van der Waals surface area contributed by atoms with Crippen molar-refractivity contribution in [2.24, 2.45) is 0 Å². The Hall–Kier alpha value is -4.18. The van der Waals surface area contributed by atoms with Crippen molar-refractivity contribution in [2.45, 2.75) is 13.0 Å². The standard InChI is InChI=1S/C26H21F2N5O3/c1-15(33-14-31-22-25(29-13-30-26(22)33)32-8-10-35-11-9-32)24-20(16-4-2-5-17(27)12-16)23(34)21-18(28)6-3-7-19(21)36-24/h2-7,12-15H,8-11H2,1H3. The lowest BCUT2D eigenvalue weighted by Crippen LogP contribution is -2.37. The number of halogens is 2. The molecule has 1 aliphatic heterocycles. The summed E-state index contributed by atoms with van der Waals surface area (Å²) >= 11 is 0. The van der Waals surface area contributed by atoms with Gasteiger partial charge in [0.2, 0.25) is 5.43 Å². The Labute approximate surface area is 203 Å². The van der Waals surface area contributed by atoms with Crippen LogP contribution in [0.15, 0.2) is 64.3 Å². The molecule has 182 valence electrons. The molecule has 10 heteroatoms. The largest absolute Gasteiger partial charge is 0.458 e.